The summed E-state index contributed by atoms with van der Waals surface area (Å²) >= 11 is 0.528. The monoisotopic (exact) mass is 468 g/mol. The Morgan fingerprint density at radius 1 is 1.03 bits per heavy atom. The highest BCUT2D eigenvalue weighted by molar-refractivity contribution is 7.16. The molecule has 170 valence electrons. The number of anilines is 1. The predicted octanol–water partition coefficient (Wildman–Crippen LogP) is 5.07. The van der Waals surface area contributed by atoms with Gasteiger partial charge in [-0.2, -0.15) is 26.3 Å². The lowest BCUT2D eigenvalue weighted by Crippen LogP contribution is -2.72. The smallest absolute Gasteiger partial charge is 0.439 e. The number of ether oxygens (including phenoxy) is 1. The van der Waals surface area contributed by atoms with Crippen LogP contribution in [-0.2, 0) is 11.2 Å². The van der Waals surface area contributed by atoms with Crippen molar-refractivity contribution in [1.82, 2.24) is 5.32 Å². The number of amides is 1. The Balaban J connectivity index is 2.68. The summed E-state index contributed by atoms with van der Waals surface area (Å²) in [5.74, 6) is -2.71. The van der Waals surface area contributed by atoms with Crippen molar-refractivity contribution in [3.63, 3.8) is 0 Å². The Hall–Kier alpha value is -2.76. The molecule has 5 nitrogen and oxygen atoms in total. The maximum atomic E-state index is 13.9. The van der Waals surface area contributed by atoms with Gasteiger partial charge in [-0.05, 0) is 31.0 Å². The molecule has 1 aromatic carbocycles. The number of hydrogen-bond acceptors (Lipinski definition) is 5. The summed E-state index contributed by atoms with van der Waals surface area (Å²) in [6.45, 7) is 3.04. The third kappa shape index (κ3) is 4.63. The molecule has 1 amide bonds. The fourth-order valence-electron chi connectivity index (χ4n) is 2.89. The Morgan fingerprint density at radius 2 is 1.58 bits per heavy atom. The molecule has 0 fully saturated rings. The first-order valence-electron chi connectivity index (χ1n) is 8.78. The average Bonchev–Trinajstić information content (AvgIpc) is 3.00. The van der Waals surface area contributed by atoms with Gasteiger partial charge in [0.25, 0.3) is 5.91 Å². The second-order valence-electron chi connectivity index (χ2n) is 6.38. The minimum atomic E-state index is -6.02. The van der Waals surface area contributed by atoms with Gasteiger partial charge in [-0.25, -0.2) is 4.79 Å². The standard InChI is InChI=1S/C19H18F6N2O3S/c1-4-12-10(2)31-15(13(12)16(29)30-3)27-17(18(20,21)22,19(23,24)25)26-14(28)11-8-6-5-7-9-11/h5-9,27H,4H2,1-3H3,(H,26,28). The van der Waals surface area contributed by atoms with Crippen LogP contribution < -0.4 is 10.6 Å². The van der Waals surface area contributed by atoms with Crippen molar-refractivity contribution in [2.75, 3.05) is 12.4 Å². The number of esters is 1. The minimum Gasteiger partial charge on any atom is -0.465 e. The van der Waals surface area contributed by atoms with E-state index in [9.17, 15) is 35.9 Å². The van der Waals surface area contributed by atoms with Crippen molar-refractivity contribution in [3.05, 3.63) is 51.9 Å². The number of thiophene rings is 1. The van der Waals surface area contributed by atoms with Crippen LogP contribution in [0.5, 0.6) is 0 Å². The molecule has 0 saturated heterocycles. The highest BCUT2D eigenvalue weighted by Gasteiger charge is 2.73. The molecule has 0 saturated carbocycles. The molecule has 0 unspecified atom stereocenters. The molecule has 0 spiro atoms. The van der Waals surface area contributed by atoms with Gasteiger partial charge in [0.1, 0.15) is 5.00 Å². The molecule has 0 aliphatic heterocycles. The molecule has 1 heterocycles. The van der Waals surface area contributed by atoms with Gasteiger partial charge in [0.05, 0.1) is 12.7 Å². The zero-order valence-corrected chi connectivity index (χ0v) is 17.3. The molecule has 1 aromatic heterocycles. The van der Waals surface area contributed by atoms with Crippen LogP contribution in [0.15, 0.2) is 30.3 Å². The van der Waals surface area contributed by atoms with Crippen molar-refractivity contribution in [2.45, 2.75) is 38.3 Å². The SMILES string of the molecule is CCc1c(C)sc(NC(NC(=O)c2ccccc2)(C(F)(F)F)C(F)(F)F)c1C(=O)OC. The van der Waals surface area contributed by atoms with Gasteiger partial charge in [0.2, 0.25) is 0 Å². The summed E-state index contributed by atoms with van der Waals surface area (Å²) in [5.41, 5.74) is -5.48. The summed E-state index contributed by atoms with van der Waals surface area (Å²) in [6.07, 6.45) is -11.9. The number of nitrogens with one attached hydrogen (secondary N) is 2. The van der Waals surface area contributed by atoms with Gasteiger partial charge in [-0.1, -0.05) is 25.1 Å². The minimum absolute atomic E-state index is 0.163. The zero-order valence-electron chi connectivity index (χ0n) is 16.5. The number of rotatable bonds is 6. The molecule has 2 aromatic rings. The number of hydrogen-bond donors (Lipinski definition) is 2. The molecule has 12 heteroatoms. The van der Waals surface area contributed by atoms with Crippen LogP contribution in [-0.4, -0.2) is 37.0 Å². The van der Waals surface area contributed by atoms with E-state index in [1.807, 2.05) is 0 Å². The van der Waals surface area contributed by atoms with Crippen molar-refractivity contribution in [2.24, 2.45) is 0 Å². The van der Waals surface area contributed by atoms with E-state index in [-0.39, 0.29) is 12.0 Å². The van der Waals surface area contributed by atoms with Crippen LogP contribution in [0.3, 0.4) is 0 Å². The summed E-state index contributed by atoms with van der Waals surface area (Å²) < 4.78 is 88.1. The van der Waals surface area contributed by atoms with Gasteiger partial charge >= 0.3 is 24.0 Å². The van der Waals surface area contributed by atoms with E-state index in [0.29, 0.717) is 16.2 Å². The van der Waals surface area contributed by atoms with E-state index < -0.39 is 46.0 Å². The first-order valence-corrected chi connectivity index (χ1v) is 9.60. The van der Waals surface area contributed by atoms with Crippen molar-refractivity contribution in [1.29, 1.82) is 0 Å². The summed E-state index contributed by atoms with van der Waals surface area (Å²) in [7, 11) is 0.955. The molecule has 0 radical (unpaired) electrons. The first kappa shape index (κ1) is 24.5. The van der Waals surface area contributed by atoms with Crippen LogP contribution in [0.2, 0.25) is 0 Å². The maximum Gasteiger partial charge on any atom is 0.439 e. The highest BCUT2D eigenvalue weighted by atomic mass is 32.1. The number of carbonyl (C=O) groups excluding carboxylic acids is 2. The second-order valence-corrected chi connectivity index (χ2v) is 7.60. The highest BCUT2D eigenvalue weighted by Crippen LogP contribution is 2.46. The summed E-state index contributed by atoms with van der Waals surface area (Å²) in [6, 6.07) is 6.15. The summed E-state index contributed by atoms with van der Waals surface area (Å²) in [4.78, 5) is 24.8. The third-order valence-electron chi connectivity index (χ3n) is 4.44. The molecular weight excluding hydrogens is 450 g/mol. The number of aryl methyl sites for hydroxylation is 1. The van der Waals surface area contributed by atoms with Gasteiger partial charge < -0.3 is 15.4 Å². The van der Waals surface area contributed by atoms with E-state index >= 15 is 0 Å². The number of carbonyl (C=O) groups is 2. The van der Waals surface area contributed by atoms with E-state index in [0.717, 1.165) is 24.6 Å². The molecule has 0 aliphatic rings. The lowest BCUT2D eigenvalue weighted by molar-refractivity contribution is -0.293. The Kier molecular flexibility index (Phi) is 6.94. The van der Waals surface area contributed by atoms with Crippen LogP contribution in [0, 0.1) is 6.92 Å². The average molecular weight is 468 g/mol. The van der Waals surface area contributed by atoms with E-state index in [1.54, 1.807) is 6.92 Å². The van der Waals surface area contributed by atoms with Crippen LogP contribution >= 0.6 is 11.3 Å². The lowest BCUT2D eigenvalue weighted by Gasteiger charge is -2.38. The Labute approximate surface area is 177 Å². The predicted molar refractivity (Wildman–Crippen MR) is 102 cm³/mol. The van der Waals surface area contributed by atoms with Gasteiger partial charge in [0, 0.05) is 10.4 Å². The Morgan fingerprint density at radius 3 is 2.03 bits per heavy atom. The van der Waals surface area contributed by atoms with Crippen LogP contribution in [0.4, 0.5) is 31.3 Å². The third-order valence-corrected chi connectivity index (χ3v) is 5.50. The van der Waals surface area contributed by atoms with E-state index in [1.165, 1.54) is 30.4 Å². The maximum absolute atomic E-state index is 13.9. The Bertz CT molecular complexity index is 940. The van der Waals surface area contributed by atoms with Crippen LogP contribution in [0.25, 0.3) is 0 Å². The van der Waals surface area contributed by atoms with Crippen LogP contribution in [0.1, 0.15) is 38.1 Å². The number of benzene rings is 1. The molecule has 0 atom stereocenters. The quantitative estimate of drug-likeness (QED) is 0.353. The fourth-order valence-corrected chi connectivity index (χ4v) is 4.08. The van der Waals surface area contributed by atoms with Crippen molar-refractivity contribution >= 4 is 28.2 Å². The zero-order chi connectivity index (χ0) is 23.6. The van der Waals surface area contributed by atoms with Crippen molar-refractivity contribution < 1.29 is 40.7 Å². The van der Waals surface area contributed by atoms with Gasteiger partial charge in [-0.15, -0.1) is 11.3 Å². The largest absolute Gasteiger partial charge is 0.465 e. The molecule has 2 N–H and O–H groups in total. The lowest BCUT2D eigenvalue weighted by atomic mass is 10.1. The summed E-state index contributed by atoms with van der Waals surface area (Å²) in [5, 5.41) is 1.73. The number of alkyl halides is 6. The van der Waals surface area contributed by atoms with E-state index in [2.05, 4.69) is 4.74 Å². The number of methoxy groups -OCH3 is 1. The fraction of sp³-hybridized carbons (Fsp3) is 0.368. The number of halogens is 6. The van der Waals surface area contributed by atoms with Gasteiger partial charge in [-0.3, -0.25) is 4.79 Å². The topological polar surface area (TPSA) is 67.4 Å². The van der Waals surface area contributed by atoms with Gasteiger partial charge in [0.15, 0.2) is 0 Å². The molecular formula is C19H18F6N2O3S. The molecule has 0 aliphatic carbocycles. The van der Waals surface area contributed by atoms with Crippen molar-refractivity contribution in [3.8, 4) is 0 Å². The normalized spacial score (nSPS) is 12.4. The molecule has 31 heavy (non-hydrogen) atoms. The molecule has 2 rings (SSSR count). The molecule has 0 bridgehead atoms. The first-order chi connectivity index (χ1) is 14.3. The second kappa shape index (κ2) is 8.77. The van der Waals surface area contributed by atoms with E-state index in [4.69, 9.17) is 0 Å².